The van der Waals surface area contributed by atoms with Gasteiger partial charge in [0, 0.05) is 37.5 Å². The maximum Gasteiger partial charge on any atom is 0.0721 e. The van der Waals surface area contributed by atoms with Gasteiger partial charge in [-0.15, -0.1) is 0 Å². The molecular weight excluding hydrogens is 260 g/mol. The molecule has 0 amide bonds. The molecule has 1 aromatic carbocycles. The molecule has 1 N–H and O–H groups in total. The predicted octanol–water partition coefficient (Wildman–Crippen LogP) is 3.50. The van der Waals surface area contributed by atoms with Gasteiger partial charge in [-0.3, -0.25) is 0 Å². The van der Waals surface area contributed by atoms with E-state index in [1.165, 1.54) is 16.8 Å². The first-order valence-corrected chi connectivity index (χ1v) is 8.06. The van der Waals surface area contributed by atoms with Crippen LogP contribution in [0.3, 0.4) is 0 Å². The Morgan fingerprint density at radius 1 is 1.33 bits per heavy atom. The second-order valence-corrected chi connectivity index (χ2v) is 7.22. The lowest BCUT2D eigenvalue weighted by atomic mass is 10.0. The molecule has 1 fully saturated rings. The second-order valence-electron chi connectivity index (χ2n) is 7.22. The molecule has 0 aromatic heterocycles. The Bertz CT molecular complexity index is 465. The summed E-state index contributed by atoms with van der Waals surface area (Å²) >= 11 is 0. The largest absolute Gasteiger partial charge is 0.377 e. The molecule has 1 heterocycles. The first-order valence-electron chi connectivity index (χ1n) is 8.06. The predicted molar refractivity (Wildman–Crippen MR) is 90.0 cm³/mol. The number of benzene rings is 1. The second kappa shape index (κ2) is 6.80. The average molecular weight is 290 g/mol. The summed E-state index contributed by atoms with van der Waals surface area (Å²) in [6.07, 6.45) is 1.40. The number of nitrogens with one attached hydrogen (secondary N) is 1. The number of ether oxygens (including phenoxy) is 1. The first-order chi connectivity index (χ1) is 9.85. The molecule has 0 bridgehead atoms. The normalized spacial score (nSPS) is 20.4. The fraction of sp³-hybridized carbons (Fsp3) is 0.667. The Morgan fingerprint density at radius 3 is 2.81 bits per heavy atom. The minimum Gasteiger partial charge on any atom is -0.377 e. The van der Waals surface area contributed by atoms with Crippen molar-refractivity contribution < 1.29 is 4.74 Å². The lowest BCUT2D eigenvalue weighted by Gasteiger charge is -2.29. The highest BCUT2D eigenvalue weighted by atomic mass is 16.5. The summed E-state index contributed by atoms with van der Waals surface area (Å²) in [5.41, 5.74) is 4.20. The summed E-state index contributed by atoms with van der Waals surface area (Å²) in [7, 11) is 0. The van der Waals surface area contributed by atoms with Crippen LogP contribution >= 0.6 is 0 Å². The van der Waals surface area contributed by atoms with Crippen LogP contribution in [-0.2, 0) is 11.3 Å². The molecule has 21 heavy (non-hydrogen) atoms. The Balaban J connectivity index is 2.21. The Labute approximate surface area is 129 Å². The number of aryl methyl sites for hydroxylation is 1. The van der Waals surface area contributed by atoms with Gasteiger partial charge >= 0.3 is 0 Å². The van der Waals surface area contributed by atoms with E-state index in [0.29, 0.717) is 6.10 Å². The molecular formula is C18H30N2O. The van der Waals surface area contributed by atoms with Crippen molar-refractivity contribution >= 4 is 5.69 Å². The summed E-state index contributed by atoms with van der Waals surface area (Å²) in [4.78, 5) is 2.48. The van der Waals surface area contributed by atoms with Crippen molar-refractivity contribution in [2.45, 2.75) is 59.2 Å². The smallest absolute Gasteiger partial charge is 0.0721 e. The Morgan fingerprint density at radius 2 is 2.10 bits per heavy atom. The highest BCUT2D eigenvalue weighted by Crippen LogP contribution is 2.24. The summed E-state index contributed by atoms with van der Waals surface area (Å²) in [5, 5.41) is 3.61. The lowest BCUT2D eigenvalue weighted by molar-refractivity contribution is 0.0821. The van der Waals surface area contributed by atoms with Crippen molar-refractivity contribution in [1.29, 1.82) is 0 Å². The van der Waals surface area contributed by atoms with E-state index in [9.17, 15) is 0 Å². The molecule has 3 nitrogen and oxygen atoms in total. The van der Waals surface area contributed by atoms with Crippen molar-refractivity contribution in [3.63, 3.8) is 0 Å². The van der Waals surface area contributed by atoms with E-state index in [1.54, 1.807) is 0 Å². The fourth-order valence-corrected chi connectivity index (χ4v) is 2.74. The van der Waals surface area contributed by atoms with Crippen molar-refractivity contribution in [3.05, 3.63) is 29.3 Å². The highest BCUT2D eigenvalue weighted by molar-refractivity contribution is 5.55. The van der Waals surface area contributed by atoms with Crippen molar-refractivity contribution in [1.82, 2.24) is 5.32 Å². The topological polar surface area (TPSA) is 24.5 Å². The van der Waals surface area contributed by atoms with Crippen molar-refractivity contribution in [2.75, 3.05) is 24.6 Å². The first kappa shape index (κ1) is 16.3. The number of anilines is 1. The zero-order chi connectivity index (χ0) is 15.5. The quantitative estimate of drug-likeness (QED) is 0.922. The van der Waals surface area contributed by atoms with Crippen LogP contribution in [-0.4, -0.2) is 31.3 Å². The van der Waals surface area contributed by atoms with E-state index >= 15 is 0 Å². The minimum atomic E-state index is 0.135. The molecule has 1 saturated heterocycles. The van der Waals surface area contributed by atoms with Crippen LogP contribution in [0, 0.1) is 6.92 Å². The number of rotatable bonds is 3. The number of hydrogen-bond donors (Lipinski definition) is 1. The molecule has 1 atom stereocenters. The third kappa shape index (κ3) is 5.01. The summed E-state index contributed by atoms with van der Waals surface area (Å²) in [5.74, 6) is 0. The SMILES string of the molecule is Cc1ccc(N2CCCOC(C)C2)c(CNC(C)(C)C)c1. The maximum atomic E-state index is 5.78. The van der Waals surface area contributed by atoms with Crippen LogP contribution in [0.25, 0.3) is 0 Å². The van der Waals surface area contributed by atoms with Crippen LogP contribution in [0.1, 0.15) is 45.2 Å². The molecule has 2 rings (SSSR count). The van der Waals surface area contributed by atoms with Crippen LogP contribution in [0.4, 0.5) is 5.69 Å². The standard InChI is InChI=1S/C18H30N2O/c1-14-7-8-17(16(11-14)12-19-18(3,4)5)20-9-6-10-21-15(2)13-20/h7-8,11,15,19H,6,9-10,12-13H2,1-5H3. The highest BCUT2D eigenvalue weighted by Gasteiger charge is 2.18. The molecule has 1 aliphatic heterocycles. The molecule has 1 unspecified atom stereocenters. The van der Waals surface area contributed by atoms with Gasteiger partial charge in [-0.1, -0.05) is 17.7 Å². The molecule has 0 spiro atoms. The van der Waals surface area contributed by atoms with E-state index in [0.717, 1.165) is 32.7 Å². The third-order valence-electron chi connectivity index (χ3n) is 3.84. The zero-order valence-corrected chi connectivity index (χ0v) is 14.2. The van der Waals surface area contributed by atoms with Crippen LogP contribution in [0.5, 0.6) is 0 Å². The van der Waals surface area contributed by atoms with E-state index in [-0.39, 0.29) is 5.54 Å². The number of nitrogens with zero attached hydrogens (tertiary/aromatic N) is 1. The van der Waals surface area contributed by atoms with Crippen LogP contribution in [0.2, 0.25) is 0 Å². The molecule has 3 heteroatoms. The van der Waals surface area contributed by atoms with Gasteiger partial charge in [0.05, 0.1) is 6.10 Å². The summed E-state index contributed by atoms with van der Waals surface area (Å²) in [6.45, 7) is 14.8. The fourth-order valence-electron chi connectivity index (χ4n) is 2.74. The van der Waals surface area contributed by atoms with Crippen molar-refractivity contribution in [3.8, 4) is 0 Å². The molecule has 1 aliphatic rings. The van der Waals surface area contributed by atoms with Gasteiger partial charge in [0.15, 0.2) is 0 Å². The van der Waals surface area contributed by atoms with E-state index in [4.69, 9.17) is 4.74 Å². The van der Waals surface area contributed by atoms with Crippen LogP contribution in [0.15, 0.2) is 18.2 Å². The zero-order valence-electron chi connectivity index (χ0n) is 14.2. The molecule has 0 saturated carbocycles. The van der Waals surface area contributed by atoms with E-state index in [2.05, 4.69) is 63.0 Å². The summed E-state index contributed by atoms with van der Waals surface area (Å²) in [6, 6.07) is 6.80. The van der Waals surface area contributed by atoms with Gasteiger partial charge in [0.2, 0.25) is 0 Å². The maximum absolute atomic E-state index is 5.78. The molecule has 1 aromatic rings. The van der Waals surface area contributed by atoms with Gasteiger partial charge in [-0.2, -0.15) is 0 Å². The van der Waals surface area contributed by atoms with Gasteiger partial charge in [0.1, 0.15) is 0 Å². The average Bonchev–Trinajstić information content (AvgIpc) is 2.60. The summed E-state index contributed by atoms with van der Waals surface area (Å²) < 4.78 is 5.78. The van der Waals surface area contributed by atoms with Gasteiger partial charge in [-0.25, -0.2) is 0 Å². The van der Waals surface area contributed by atoms with Gasteiger partial charge in [-0.05, 0) is 52.7 Å². The minimum absolute atomic E-state index is 0.135. The molecule has 118 valence electrons. The third-order valence-corrected chi connectivity index (χ3v) is 3.84. The Hall–Kier alpha value is -1.06. The molecule has 0 aliphatic carbocycles. The Kier molecular flexibility index (Phi) is 5.28. The lowest BCUT2D eigenvalue weighted by Crippen LogP contribution is -2.36. The number of hydrogen-bond acceptors (Lipinski definition) is 3. The monoisotopic (exact) mass is 290 g/mol. The van der Waals surface area contributed by atoms with Gasteiger partial charge < -0.3 is 15.0 Å². The van der Waals surface area contributed by atoms with Crippen molar-refractivity contribution in [2.24, 2.45) is 0 Å². The van der Waals surface area contributed by atoms with E-state index in [1.807, 2.05) is 0 Å². The molecule has 0 radical (unpaired) electrons. The van der Waals surface area contributed by atoms with E-state index < -0.39 is 0 Å². The van der Waals surface area contributed by atoms with Crippen LogP contribution < -0.4 is 10.2 Å². The van der Waals surface area contributed by atoms with Gasteiger partial charge in [0.25, 0.3) is 0 Å².